The molecule has 3 aromatic rings. The highest BCUT2D eigenvalue weighted by Crippen LogP contribution is 2.40. The van der Waals surface area contributed by atoms with Gasteiger partial charge in [-0.3, -0.25) is 14.9 Å². The maximum Gasteiger partial charge on any atom is 0.242 e. The fourth-order valence-corrected chi connectivity index (χ4v) is 4.93. The van der Waals surface area contributed by atoms with Gasteiger partial charge in [0.05, 0.1) is 11.4 Å². The van der Waals surface area contributed by atoms with Gasteiger partial charge in [0.25, 0.3) is 0 Å². The van der Waals surface area contributed by atoms with Crippen LogP contribution in [0.5, 0.6) is 5.75 Å². The van der Waals surface area contributed by atoms with Gasteiger partial charge in [0.2, 0.25) is 8.32 Å². The summed E-state index contributed by atoms with van der Waals surface area (Å²) in [6.45, 7) is 22.8. The summed E-state index contributed by atoms with van der Waals surface area (Å²) in [4.78, 5) is 11.6. The van der Waals surface area contributed by atoms with E-state index in [2.05, 4.69) is 112 Å². The highest BCUT2D eigenvalue weighted by Gasteiger charge is 2.29. The molecular weight excluding hydrogens is 446 g/mol. The van der Waals surface area contributed by atoms with Crippen LogP contribution >= 0.6 is 0 Å². The summed E-state index contributed by atoms with van der Waals surface area (Å²) in [5.74, 6) is 1.07. The number of rotatable bonds is 8. The van der Waals surface area contributed by atoms with Crippen molar-refractivity contribution in [2.45, 2.75) is 91.6 Å². The van der Waals surface area contributed by atoms with Gasteiger partial charge in [0.15, 0.2) is 0 Å². The van der Waals surface area contributed by atoms with Crippen molar-refractivity contribution in [1.82, 2.24) is 14.9 Å². The number of hydrogen-bond donors (Lipinski definition) is 0. The van der Waals surface area contributed by atoms with Crippen LogP contribution in [0.15, 0.2) is 60.9 Å². The van der Waals surface area contributed by atoms with E-state index in [1.54, 1.807) is 0 Å². The third kappa shape index (κ3) is 8.01. The smallest absolute Gasteiger partial charge is 0.242 e. The molecule has 2 heterocycles. The molecule has 0 aliphatic carbocycles. The first-order chi connectivity index (χ1) is 16.2. The van der Waals surface area contributed by atoms with Gasteiger partial charge in [-0.05, 0) is 65.9 Å². The number of nitrogens with zero attached hydrogens (tertiary/aromatic N) is 3. The summed E-state index contributed by atoms with van der Waals surface area (Å²) in [5, 5.41) is 0. The first-order valence-electron chi connectivity index (χ1n) is 12.6. The van der Waals surface area contributed by atoms with Crippen LogP contribution in [-0.2, 0) is 30.5 Å². The maximum atomic E-state index is 6.84. The lowest BCUT2D eigenvalue weighted by atomic mass is 9.79. The van der Waals surface area contributed by atoms with E-state index >= 15 is 0 Å². The van der Waals surface area contributed by atoms with Crippen LogP contribution in [0.25, 0.3) is 0 Å². The van der Waals surface area contributed by atoms with Crippen molar-refractivity contribution in [3.8, 4) is 5.75 Å². The van der Waals surface area contributed by atoms with Crippen molar-refractivity contribution in [1.29, 1.82) is 0 Å². The molecule has 0 saturated carbocycles. The van der Waals surface area contributed by atoms with Gasteiger partial charge < -0.3 is 4.43 Å². The SMILES string of the molecule is CC(C)(C)c1cc(CN(Cc2ccccn2)Cc2ccccn2)c(O[Si](C)(C)C)c(C(C)(C)C)c1. The first-order valence-corrected chi connectivity index (χ1v) is 16.0. The van der Waals surface area contributed by atoms with Crippen molar-refractivity contribution in [2.75, 3.05) is 0 Å². The Hall–Kier alpha value is -2.50. The fraction of sp³-hybridized carbons (Fsp3) is 0.467. The van der Waals surface area contributed by atoms with Crippen molar-refractivity contribution >= 4 is 8.32 Å². The molecule has 0 aliphatic heterocycles. The van der Waals surface area contributed by atoms with Crippen molar-refractivity contribution in [3.05, 3.63) is 89.0 Å². The second-order valence-electron chi connectivity index (χ2n) is 12.5. The molecule has 1 aromatic carbocycles. The molecule has 0 saturated heterocycles. The predicted molar refractivity (Wildman–Crippen MR) is 149 cm³/mol. The molecule has 0 radical (unpaired) electrons. The van der Waals surface area contributed by atoms with Crippen molar-refractivity contribution in [2.24, 2.45) is 0 Å². The van der Waals surface area contributed by atoms with Crippen LogP contribution in [-0.4, -0.2) is 23.2 Å². The highest BCUT2D eigenvalue weighted by atomic mass is 28.4. The summed E-state index contributed by atoms with van der Waals surface area (Å²) >= 11 is 0. The average molecular weight is 490 g/mol. The second-order valence-corrected chi connectivity index (χ2v) is 16.9. The molecule has 0 unspecified atom stereocenters. The van der Waals surface area contributed by atoms with Crippen LogP contribution in [0, 0.1) is 0 Å². The zero-order valence-electron chi connectivity index (χ0n) is 23.1. The molecule has 0 aliphatic rings. The Kier molecular flexibility index (Phi) is 8.23. The van der Waals surface area contributed by atoms with Gasteiger partial charge in [-0.25, -0.2) is 0 Å². The minimum atomic E-state index is -1.85. The Morgan fingerprint density at radius 2 is 1.29 bits per heavy atom. The van der Waals surface area contributed by atoms with Gasteiger partial charge >= 0.3 is 0 Å². The average Bonchev–Trinajstić information content (AvgIpc) is 2.73. The molecule has 3 rings (SSSR count). The quantitative estimate of drug-likeness (QED) is 0.307. The van der Waals surface area contributed by atoms with Crippen LogP contribution < -0.4 is 4.43 Å². The molecule has 0 atom stereocenters. The number of hydrogen-bond acceptors (Lipinski definition) is 4. The summed E-state index contributed by atoms with van der Waals surface area (Å²) in [6.07, 6.45) is 3.73. The zero-order valence-corrected chi connectivity index (χ0v) is 24.1. The molecule has 5 heteroatoms. The van der Waals surface area contributed by atoms with E-state index < -0.39 is 8.32 Å². The third-order valence-corrected chi connectivity index (χ3v) is 6.68. The van der Waals surface area contributed by atoms with Gasteiger partial charge in [0.1, 0.15) is 5.75 Å². The van der Waals surface area contributed by atoms with Gasteiger partial charge in [-0.1, -0.05) is 65.8 Å². The van der Waals surface area contributed by atoms with E-state index in [1.807, 2.05) is 24.5 Å². The molecule has 0 fully saturated rings. The molecular formula is C30H43N3OSi. The largest absolute Gasteiger partial charge is 0.544 e. The molecule has 2 aromatic heterocycles. The summed E-state index contributed by atoms with van der Waals surface area (Å²) < 4.78 is 6.84. The lowest BCUT2D eigenvalue weighted by molar-refractivity contribution is 0.239. The van der Waals surface area contributed by atoms with Crippen LogP contribution in [0.4, 0.5) is 0 Å². The minimum absolute atomic E-state index is 0.0300. The van der Waals surface area contributed by atoms with Gasteiger partial charge in [0, 0.05) is 37.6 Å². The second kappa shape index (κ2) is 10.6. The topological polar surface area (TPSA) is 38.2 Å². The van der Waals surface area contributed by atoms with E-state index in [0.717, 1.165) is 36.8 Å². The van der Waals surface area contributed by atoms with E-state index in [-0.39, 0.29) is 10.8 Å². The fourth-order valence-electron chi connectivity index (χ4n) is 4.07. The van der Waals surface area contributed by atoms with E-state index in [4.69, 9.17) is 4.43 Å². The molecule has 35 heavy (non-hydrogen) atoms. The van der Waals surface area contributed by atoms with Crippen LogP contribution in [0.1, 0.15) is 69.6 Å². The number of benzene rings is 1. The van der Waals surface area contributed by atoms with Gasteiger partial charge in [-0.15, -0.1) is 0 Å². The first kappa shape index (κ1) is 27.1. The predicted octanol–water partition coefficient (Wildman–Crippen LogP) is 7.49. The Labute approximate surface area is 213 Å². The van der Waals surface area contributed by atoms with E-state index in [1.165, 1.54) is 16.7 Å². The van der Waals surface area contributed by atoms with Crippen LogP contribution in [0.3, 0.4) is 0 Å². The standard InChI is InChI=1S/C30H43N3OSi/c1-29(2,3)24-18-23(28(34-35(7,8)9)27(19-24)30(4,5)6)20-33(21-25-14-10-12-16-31-25)22-26-15-11-13-17-32-26/h10-19H,20-22H2,1-9H3. The van der Waals surface area contributed by atoms with Crippen molar-refractivity contribution in [3.63, 3.8) is 0 Å². The Morgan fingerprint density at radius 1 is 0.743 bits per heavy atom. The van der Waals surface area contributed by atoms with E-state index in [0.29, 0.717) is 0 Å². The monoisotopic (exact) mass is 489 g/mol. The molecule has 0 N–H and O–H groups in total. The molecule has 0 spiro atoms. The highest BCUT2D eigenvalue weighted by molar-refractivity contribution is 6.70. The number of pyridine rings is 2. The lowest BCUT2D eigenvalue weighted by Gasteiger charge is -2.33. The van der Waals surface area contributed by atoms with Crippen molar-refractivity contribution < 1.29 is 4.43 Å². The summed E-state index contributed by atoms with van der Waals surface area (Å²) in [5.41, 5.74) is 6.00. The Morgan fingerprint density at radius 3 is 1.69 bits per heavy atom. The normalized spacial score (nSPS) is 12.7. The summed E-state index contributed by atoms with van der Waals surface area (Å²) in [6, 6.07) is 17.0. The van der Waals surface area contributed by atoms with Gasteiger partial charge in [-0.2, -0.15) is 0 Å². The number of aromatic nitrogens is 2. The third-order valence-electron chi connectivity index (χ3n) is 5.87. The maximum absolute atomic E-state index is 6.84. The van der Waals surface area contributed by atoms with E-state index in [9.17, 15) is 0 Å². The molecule has 0 amide bonds. The molecule has 188 valence electrons. The Balaban J connectivity index is 2.13. The lowest BCUT2D eigenvalue weighted by Crippen LogP contribution is -2.33. The zero-order chi connectivity index (χ0) is 25.9. The molecule has 4 nitrogen and oxygen atoms in total. The minimum Gasteiger partial charge on any atom is -0.544 e. The van der Waals surface area contributed by atoms with Crippen LogP contribution in [0.2, 0.25) is 19.6 Å². The Bertz CT molecular complexity index is 1050. The summed E-state index contributed by atoms with van der Waals surface area (Å²) in [7, 11) is -1.85. The molecule has 0 bridgehead atoms.